The van der Waals surface area contributed by atoms with E-state index >= 15 is 0 Å². The minimum Gasteiger partial charge on any atom is -0.393 e. The van der Waals surface area contributed by atoms with Crippen LogP contribution in [0, 0.1) is 5.92 Å². The van der Waals surface area contributed by atoms with E-state index in [0.717, 1.165) is 12.8 Å². The molecule has 0 aliphatic rings. The van der Waals surface area contributed by atoms with Crippen LogP contribution >= 0.6 is 0 Å². The Kier molecular flexibility index (Phi) is 4.86. The van der Waals surface area contributed by atoms with Crippen molar-refractivity contribution < 1.29 is 9.90 Å². The van der Waals surface area contributed by atoms with Crippen molar-refractivity contribution in [2.45, 2.75) is 39.2 Å². The second-order valence-electron chi connectivity index (χ2n) is 3.20. The molecular formula is C8H17NO2. The van der Waals surface area contributed by atoms with Gasteiger partial charge in [0, 0.05) is 6.42 Å². The van der Waals surface area contributed by atoms with E-state index in [1.165, 1.54) is 0 Å². The van der Waals surface area contributed by atoms with Crippen molar-refractivity contribution in [3.05, 3.63) is 0 Å². The topological polar surface area (TPSA) is 63.3 Å². The van der Waals surface area contributed by atoms with Gasteiger partial charge in [0.05, 0.1) is 6.10 Å². The number of nitrogens with two attached hydrogens (primary N) is 1. The van der Waals surface area contributed by atoms with Crippen LogP contribution in [-0.4, -0.2) is 17.1 Å². The molecule has 66 valence electrons. The molecule has 0 rings (SSSR count). The molecular weight excluding hydrogens is 142 g/mol. The lowest BCUT2D eigenvalue weighted by molar-refractivity contribution is -0.118. The molecule has 1 amide bonds. The highest BCUT2D eigenvalue weighted by atomic mass is 16.3. The Morgan fingerprint density at radius 3 is 2.36 bits per heavy atom. The summed E-state index contributed by atoms with van der Waals surface area (Å²) in [5.74, 6) is 0.0326. The second kappa shape index (κ2) is 5.13. The van der Waals surface area contributed by atoms with Gasteiger partial charge in [-0.3, -0.25) is 4.79 Å². The Balaban J connectivity index is 3.37. The highest BCUT2D eigenvalue weighted by Crippen LogP contribution is 2.10. The maximum absolute atomic E-state index is 10.4. The average Bonchev–Trinajstić information content (AvgIpc) is 1.82. The Morgan fingerprint density at radius 2 is 2.00 bits per heavy atom. The van der Waals surface area contributed by atoms with Gasteiger partial charge >= 0.3 is 0 Å². The van der Waals surface area contributed by atoms with Crippen LogP contribution in [0.1, 0.15) is 33.1 Å². The maximum atomic E-state index is 10.4. The van der Waals surface area contributed by atoms with Crippen LogP contribution in [0.25, 0.3) is 0 Å². The summed E-state index contributed by atoms with van der Waals surface area (Å²) in [7, 11) is 0. The molecule has 3 heteroatoms. The van der Waals surface area contributed by atoms with E-state index in [-0.39, 0.29) is 12.0 Å². The molecule has 2 unspecified atom stereocenters. The van der Waals surface area contributed by atoms with Gasteiger partial charge in [-0.15, -0.1) is 0 Å². The standard InChI is InChI=1S/C8H17NO2/c1-6(5-8(9)11)3-4-7(2)10/h6-7,10H,3-5H2,1-2H3,(H2,9,11). The van der Waals surface area contributed by atoms with Gasteiger partial charge in [0.15, 0.2) is 0 Å². The summed E-state index contributed by atoms with van der Waals surface area (Å²) >= 11 is 0. The van der Waals surface area contributed by atoms with Crippen molar-refractivity contribution >= 4 is 5.91 Å². The lowest BCUT2D eigenvalue weighted by Crippen LogP contribution is -2.15. The number of aliphatic hydroxyl groups is 1. The van der Waals surface area contributed by atoms with Crippen LogP contribution in [0.4, 0.5) is 0 Å². The highest BCUT2D eigenvalue weighted by molar-refractivity contribution is 5.73. The average molecular weight is 159 g/mol. The van der Waals surface area contributed by atoms with Gasteiger partial charge in [0.2, 0.25) is 5.91 Å². The van der Waals surface area contributed by atoms with Gasteiger partial charge in [0.25, 0.3) is 0 Å². The Labute approximate surface area is 67.6 Å². The summed E-state index contributed by atoms with van der Waals surface area (Å²) < 4.78 is 0. The summed E-state index contributed by atoms with van der Waals surface area (Å²) in [5.41, 5.74) is 5.00. The van der Waals surface area contributed by atoms with Crippen molar-refractivity contribution in [2.75, 3.05) is 0 Å². The summed E-state index contributed by atoms with van der Waals surface area (Å²) in [5, 5.41) is 8.92. The Morgan fingerprint density at radius 1 is 1.45 bits per heavy atom. The molecule has 0 aliphatic heterocycles. The van der Waals surface area contributed by atoms with E-state index < -0.39 is 0 Å². The SMILES string of the molecule is CC(O)CCC(C)CC(N)=O. The zero-order valence-corrected chi connectivity index (χ0v) is 7.21. The van der Waals surface area contributed by atoms with Gasteiger partial charge in [0.1, 0.15) is 0 Å². The minimum atomic E-state index is -0.273. The molecule has 11 heavy (non-hydrogen) atoms. The third-order valence-corrected chi connectivity index (χ3v) is 1.63. The van der Waals surface area contributed by atoms with Crippen LogP contribution in [-0.2, 0) is 4.79 Å². The van der Waals surface area contributed by atoms with Crippen molar-refractivity contribution in [3.63, 3.8) is 0 Å². The zero-order valence-electron chi connectivity index (χ0n) is 7.21. The number of aliphatic hydroxyl groups excluding tert-OH is 1. The molecule has 0 saturated heterocycles. The number of carbonyl (C=O) groups excluding carboxylic acids is 1. The third-order valence-electron chi connectivity index (χ3n) is 1.63. The first kappa shape index (κ1) is 10.4. The molecule has 0 radical (unpaired) electrons. The molecule has 0 aliphatic carbocycles. The first-order valence-electron chi connectivity index (χ1n) is 3.98. The van der Waals surface area contributed by atoms with E-state index in [1.807, 2.05) is 6.92 Å². The smallest absolute Gasteiger partial charge is 0.217 e. The minimum absolute atomic E-state index is 0.261. The second-order valence-corrected chi connectivity index (χ2v) is 3.20. The van der Waals surface area contributed by atoms with E-state index in [9.17, 15) is 4.79 Å². The first-order chi connectivity index (χ1) is 5.02. The summed E-state index contributed by atoms with van der Waals surface area (Å²) in [4.78, 5) is 10.4. The molecule has 0 spiro atoms. The summed E-state index contributed by atoms with van der Waals surface area (Å²) in [6.45, 7) is 3.71. The number of rotatable bonds is 5. The Bertz CT molecular complexity index is 123. The number of hydrogen-bond donors (Lipinski definition) is 2. The van der Waals surface area contributed by atoms with E-state index in [1.54, 1.807) is 6.92 Å². The zero-order chi connectivity index (χ0) is 8.85. The molecule has 3 N–H and O–H groups in total. The fourth-order valence-corrected chi connectivity index (χ4v) is 0.971. The van der Waals surface area contributed by atoms with E-state index in [0.29, 0.717) is 12.3 Å². The lowest BCUT2D eigenvalue weighted by atomic mass is 10.00. The molecule has 0 aromatic carbocycles. The van der Waals surface area contributed by atoms with Crippen molar-refractivity contribution in [2.24, 2.45) is 11.7 Å². The van der Waals surface area contributed by atoms with Crippen LogP contribution in [0.15, 0.2) is 0 Å². The lowest BCUT2D eigenvalue weighted by Gasteiger charge is -2.09. The predicted molar refractivity (Wildman–Crippen MR) is 43.9 cm³/mol. The third kappa shape index (κ3) is 7.33. The van der Waals surface area contributed by atoms with Crippen molar-refractivity contribution in [1.29, 1.82) is 0 Å². The molecule has 0 saturated carbocycles. The predicted octanol–water partition coefficient (Wildman–Crippen LogP) is 0.659. The summed E-state index contributed by atoms with van der Waals surface area (Å²) in [6, 6.07) is 0. The molecule has 3 nitrogen and oxygen atoms in total. The highest BCUT2D eigenvalue weighted by Gasteiger charge is 2.06. The van der Waals surface area contributed by atoms with Gasteiger partial charge < -0.3 is 10.8 Å². The van der Waals surface area contributed by atoms with Crippen LogP contribution in [0.3, 0.4) is 0 Å². The fourth-order valence-electron chi connectivity index (χ4n) is 0.971. The van der Waals surface area contributed by atoms with Gasteiger partial charge in [-0.1, -0.05) is 6.92 Å². The van der Waals surface area contributed by atoms with Gasteiger partial charge in [-0.2, -0.15) is 0 Å². The van der Waals surface area contributed by atoms with Crippen LogP contribution < -0.4 is 5.73 Å². The number of hydrogen-bond acceptors (Lipinski definition) is 2. The summed E-state index contributed by atoms with van der Waals surface area (Å²) in [6.07, 6.45) is 1.76. The molecule has 0 heterocycles. The Hall–Kier alpha value is -0.570. The van der Waals surface area contributed by atoms with E-state index in [4.69, 9.17) is 10.8 Å². The molecule has 2 atom stereocenters. The largest absolute Gasteiger partial charge is 0.393 e. The van der Waals surface area contributed by atoms with Crippen LogP contribution in [0.5, 0.6) is 0 Å². The number of amides is 1. The van der Waals surface area contributed by atoms with Crippen molar-refractivity contribution in [1.82, 2.24) is 0 Å². The van der Waals surface area contributed by atoms with Gasteiger partial charge in [-0.25, -0.2) is 0 Å². The normalized spacial score (nSPS) is 15.9. The quantitative estimate of drug-likeness (QED) is 0.619. The van der Waals surface area contributed by atoms with Crippen LogP contribution in [0.2, 0.25) is 0 Å². The van der Waals surface area contributed by atoms with Crippen molar-refractivity contribution in [3.8, 4) is 0 Å². The first-order valence-corrected chi connectivity index (χ1v) is 3.98. The van der Waals surface area contributed by atoms with E-state index in [2.05, 4.69) is 0 Å². The molecule has 0 aromatic heterocycles. The molecule has 0 aromatic rings. The molecule has 0 bridgehead atoms. The fraction of sp³-hybridized carbons (Fsp3) is 0.875. The van der Waals surface area contributed by atoms with Gasteiger partial charge in [-0.05, 0) is 25.7 Å². The number of primary amides is 1. The monoisotopic (exact) mass is 159 g/mol. The maximum Gasteiger partial charge on any atom is 0.217 e. The number of carbonyl (C=O) groups is 1. The molecule has 0 fully saturated rings.